The molecule has 2 rings (SSSR count). The van der Waals surface area contributed by atoms with Crippen LogP contribution in [0.1, 0.15) is 15.9 Å². The number of ketones is 1. The van der Waals surface area contributed by atoms with Gasteiger partial charge in [-0.1, -0.05) is 53.5 Å². The van der Waals surface area contributed by atoms with Crippen LogP contribution >= 0.6 is 23.2 Å². The van der Waals surface area contributed by atoms with Crippen molar-refractivity contribution >= 4 is 34.7 Å². The Labute approximate surface area is 109 Å². The van der Waals surface area contributed by atoms with Crippen LogP contribution in [0.5, 0.6) is 0 Å². The van der Waals surface area contributed by atoms with Crippen LogP contribution in [0.25, 0.3) is 0 Å². The van der Waals surface area contributed by atoms with Gasteiger partial charge in [-0.2, -0.15) is 0 Å². The van der Waals surface area contributed by atoms with E-state index < -0.39 is 0 Å². The van der Waals surface area contributed by atoms with Crippen LogP contribution in [0, 0.1) is 0 Å². The molecule has 0 saturated carbocycles. The minimum atomic E-state index is -0.190. The molecule has 0 heterocycles. The highest BCUT2D eigenvalue weighted by Crippen LogP contribution is 2.29. The standard InChI is InChI=1S/C13H9Cl2NO/c14-9-6-10(12(15)11(16)7-9)13(17)8-4-2-1-3-5-8/h1-7H,16H2. The van der Waals surface area contributed by atoms with E-state index in [1.807, 2.05) is 6.07 Å². The van der Waals surface area contributed by atoms with Gasteiger partial charge in [-0.15, -0.1) is 0 Å². The highest BCUT2D eigenvalue weighted by Gasteiger charge is 2.15. The summed E-state index contributed by atoms with van der Waals surface area (Å²) in [5.41, 5.74) is 6.85. The number of rotatable bonds is 2. The van der Waals surface area contributed by atoms with Gasteiger partial charge in [0, 0.05) is 16.1 Å². The fourth-order valence-corrected chi connectivity index (χ4v) is 1.94. The number of nitrogen functional groups attached to an aromatic ring is 1. The average Bonchev–Trinajstić information content (AvgIpc) is 2.34. The van der Waals surface area contributed by atoms with Crippen molar-refractivity contribution in [3.63, 3.8) is 0 Å². The third kappa shape index (κ3) is 2.43. The van der Waals surface area contributed by atoms with Crippen molar-refractivity contribution in [3.05, 3.63) is 63.6 Å². The number of hydrogen-bond acceptors (Lipinski definition) is 2. The second kappa shape index (κ2) is 4.78. The highest BCUT2D eigenvalue weighted by molar-refractivity contribution is 6.39. The number of benzene rings is 2. The van der Waals surface area contributed by atoms with Gasteiger partial charge in [0.05, 0.1) is 10.7 Å². The lowest BCUT2D eigenvalue weighted by molar-refractivity contribution is 0.103. The zero-order chi connectivity index (χ0) is 12.4. The second-order valence-electron chi connectivity index (χ2n) is 3.55. The first-order valence-corrected chi connectivity index (χ1v) is 5.69. The van der Waals surface area contributed by atoms with Crippen LogP contribution in [0.4, 0.5) is 5.69 Å². The second-order valence-corrected chi connectivity index (χ2v) is 4.37. The summed E-state index contributed by atoms with van der Waals surface area (Å²) in [5, 5.41) is 0.634. The van der Waals surface area contributed by atoms with Crippen LogP contribution in [-0.4, -0.2) is 5.78 Å². The van der Waals surface area contributed by atoms with Crippen molar-refractivity contribution in [2.75, 3.05) is 5.73 Å². The van der Waals surface area contributed by atoms with E-state index in [2.05, 4.69) is 0 Å². The van der Waals surface area contributed by atoms with Crippen LogP contribution in [0.2, 0.25) is 10.0 Å². The van der Waals surface area contributed by atoms with E-state index in [1.165, 1.54) is 12.1 Å². The van der Waals surface area contributed by atoms with Crippen molar-refractivity contribution in [2.24, 2.45) is 0 Å². The summed E-state index contributed by atoms with van der Waals surface area (Å²) >= 11 is 11.9. The van der Waals surface area contributed by atoms with E-state index >= 15 is 0 Å². The van der Waals surface area contributed by atoms with Gasteiger partial charge in [-0.25, -0.2) is 0 Å². The summed E-state index contributed by atoms with van der Waals surface area (Å²) < 4.78 is 0. The predicted octanol–water partition coefficient (Wildman–Crippen LogP) is 3.81. The first-order valence-electron chi connectivity index (χ1n) is 4.94. The Hall–Kier alpha value is -1.51. The average molecular weight is 266 g/mol. The Kier molecular flexibility index (Phi) is 3.36. The normalized spacial score (nSPS) is 10.2. The van der Waals surface area contributed by atoms with Crippen molar-refractivity contribution in [2.45, 2.75) is 0 Å². The lowest BCUT2D eigenvalue weighted by atomic mass is 10.0. The monoisotopic (exact) mass is 265 g/mol. The SMILES string of the molecule is Nc1cc(Cl)cc(C(=O)c2ccccc2)c1Cl. The molecule has 2 aromatic rings. The number of halogens is 2. The molecule has 2 aromatic carbocycles. The van der Waals surface area contributed by atoms with Gasteiger partial charge in [0.2, 0.25) is 0 Å². The molecule has 0 aliphatic rings. The zero-order valence-corrected chi connectivity index (χ0v) is 10.3. The molecule has 0 saturated heterocycles. The molecule has 0 spiro atoms. The third-order valence-electron chi connectivity index (χ3n) is 2.35. The third-order valence-corrected chi connectivity index (χ3v) is 2.99. The lowest BCUT2D eigenvalue weighted by Gasteiger charge is -2.07. The van der Waals surface area contributed by atoms with E-state index in [9.17, 15) is 4.79 Å². The number of nitrogens with two attached hydrogens (primary N) is 1. The zero-order valence-electron chi connectivity index (χ0n) is 8.78. The molecule has 17 heavy (non-hydrogen) atoms. The molecule has 0 fully saturated rings. The van der Waals surface area contributed by atoms with E-state index in [0.29, 0.717) is 21.8 Å². The van der Waals surface area contributed by atoms with Crippen LogP contribution in [0.3, 0.4) is 0 Å². The lowest BCUT2D eigenvalue weighted by Crippen LogP contribution is -2.03. The molecule has 86 valence electrons. The molecule has 0 aromatic heterocycles. The van der Waals surface area contributed by atoms with Crippen LogP contribution in [0.15, 0.2) is 42.5 Å². The molecule has 0 bridgehead atoms. The van der Waals surface area contributed by atoms with Crippen molar-refractivity contribution in [1.82, 2.24) is 0 Å². The predicted molar refractivity (Wildman–Crippen MR) is 70.7 cm³/mol. The Bertz CT molecular complexity index is 567. The largest absolute Gasteiger partial charge is 0.397 e. The molecule has 0 unspecified atom stereocenters. The molecule has 2 nitrogen and oxygen atoms in total. The molecule has 4 heteroatoms. The quantitative estimate of drug-likeness (QED) is 0.663. The van der Waals surface area contributed by atoms with E-state index in [1.54, 1.807) is 24.3 Å². The molecular formula is C13H9Cl2NO. The van der Waals surface area contributed by atoms with Gasteiger partial charge in [0.25, 0.3) is 0 Å². The van der Waals surface area contributed by atoms with Crippen molar-refractivity contribution in [3.8, 4) is 0 Å². The Morgan fingerprint density at radius 2 is 1.71 bits per heavy atom. The first kappa shape index (κ1) is 12.0. The van der Waals surface area contributed by atoms with Gasteiger partial charge < -0.3 is 5.73 Å². The van der Waals surface area contributed by atoms with E-state index in [4.69, 9.17) is 28.9 Å². The smallest absolute Gasteiger partial charge is 0.194 e. The molecule has 0 atom stereocenters. The summed E-state index contributed by atoms with van der Waals surface area (Å²) in [6.07, 6.45) is 0. The number of carbonyl (C=O) groups excluding carboxylic acids is 1. The fraction of sp³-hybridized carbons (Fsp3) is 0. The van der Waals surface area contributed by atoms with Crippen LogP contribution in [-0.2, 0) is 0 Å². The Morgan fingerprint density at radius 3 is 2.35 bits per heavy atom. The summed E-state index contributed by atoms with van der Waals surface area (Å²) in [5.74, 6) is -0.190. The molecule has 0 aliphatic carbocycles. The maximum atomic E-state index is 12.2. The van der Waals surface area contributed by atoms with Gasteiger partial charge in [0.1, 0.15) is 0 Å². The summed E-state index contributed by atoms with van der Waals surface area (Å²) in [7, 11) is 0. The van der Waals surface area contributed by atoms with E-state index in [0.717, 1.165) is 0 Å². The van der Waals surface area contributed by atoms with Gasteiger partial charge >= 0.3 is 0 Å². The minimum absolute atomic E-state index is 0.190. The summed E-state index contributed by atoms with van der Waals surface area (Å²) in [4.78, 5) is 12.2. The fourth-order valence-electron chi connectivity index (χ4n) is 1.52. The summed E-state index contributed by atoms with van der Waals surface area (Å²) in [6, 6.07) is 11.9. The van der Waals surface area contributed by atoms with Gasteiger partial charge in [-0.05, 0) is 12.1 Å². The highest BCUT2D eigenvalue weighted by atomic mass is 35.5. The number of carbonyl (C=O) groups is 1. The Balaban J connectivity index is 2.52. The molecular weight excluding hydrogens is 257 g/mol. The van der Waals surface area contributed by atoms with Crippen molar-refractivity contribution in [1.29, 1.82) is 0 Å². The van der Waals surface area contributed by atoms with Gasteiger partial charge in [0.15, 0.2) is 5.78 Å². The Morgan fingerprint density at radius 1 is 1.06 bits per heavy atom. The molecule has 0 radical (unpaired) electrons. The topological polar surface area (TPSA) is 43.1 Å². The number of hydrogen-bond donors (Lipinski definition) is 1. The van der Waals surface area contributed by atoms with Crippen LogP contribution < -0.4 is 5.73 Å². The maximum Gasteiger partial charge on any atom is 0.194 e. The summed E-state index contributed by atoms with van der Waals surface area (Å²) in [6.45, 7) is 0. The van der Waals surface area contributed by atoms with E-state index in [-0.39, 0.29) is 10.8 Å². The molecule has 0 aliphatic heterocycles. The minimum Gasteiger partial charge on any atom is -0.397 e. The first-order chi connectivity index (χ1) is 8.09. The molecule has 2 N–H and O–H groups in total. The maximum absolute atomic E-state index is 12.2. The molecule has 0 amide bonds. The number of anilines is 1. The van der Waals surface area contributed by atoms with Gasteiger partial charge in [-0.3, -0.25) is 4.79 Å². The van der Waals surface area contributed by atoms with Crippen molar-refractivity contribution < 1.29 is 4.79 Å².